The molecule has 6 nitrogen and oxygen atoms in total. The fourth-order valence-electron chi connectivity index (χ4n) is 5.19. The van der Waals surface area contributed by atoms with E-state index in [0.29, 0.717) is 47.8 Å². The highest BCUT2D eigenvalue weighted by Crippen LogP contribution is 2.47. The summed E-state index contributed by atoms with van der Waals surface area (Å²) >= 11 is 3.26. The topological polar surface area (TPSA) is 66.6 Å². The van der Waals surface area contributed by atoms with E-state index < -0.39 is 0 Å². The molecule has 0 spiro atoms. The summed E-state index contributed by atoms with van der Waals surface area (Å²) in [4.78, 5) is 0. The van der Waals surface area contributed by atoms with Crippen molar-refractivity contribution in [1.82, 2.24) is 18.9 Å². The Balaban J connectivity index is 1.38. The Hall–Kier alpha value is -1.42. The van der Waals surface area contributed by atoms with E-state index in [-0.39, 0.29) is 0 Å². The smallest absolute Gasteiger partial charge is 0.119 e. The minimum absolute atomic E-state index is 0.309. The molecular formula is C26H36N4O2S2. The Morgan fingerprint density at radius 3 is 1.21 bits per heavy atom. The van der Waals surface area contributed by atoms with E-state index in [0.717, 1.165) is 24.7 Å². The van der Waals surface area contributed by atoms with Gasteiger partial charge in [0, 0.05) is 60.3 Å². The van der Waals surface area contributed by atoms with Crippen molar-refractivity contribution >= 4 is 24.3 Å². The molecule has 2 aromatic carbocycles. The van der Waals surface area contributed by atoms with Crippen molar-refractivity contribution in [2.45, 2.75) is 63.7 Å². The van der Waals surface area contributed by atoms with Crippen LogP contribution in [0, 0.1) is 11.8 Å². The lowest BCUT2D eigenvalue weighted by atomic mass is 9.65. The van der Waals surface area contributed by atoms with Gasteiger partial charge < -0.3 is 9.47 Å². The minimum atomic E-state index is 0.309. The quantitative estimate of drug-likeness (QED) is 0.392. The molecule has 1 aliphatic carbocycles. The second-order valence-electron chi connectivity index (χ2n) is 10.4. The molecule has 2 aromatic rings. The second kappa shape index (κ2) is 10.7. The van der Waals surface area contributed by atoms with Gasteiger partial charge in [-0.15, -0.1) is 0 Å². The fourth-order valence-corrected chi connectivity index (χ4v) is 7.05. The third kappa shape index (κ3) is 5.08. The summed E-state index contributed by atoms with van der Waals surface area (Å²) in [6.45, 7) is 10.2. The van der Waals surface area contributed by atoms with Gasteiger partial charge in [-0.3, -0.25) is 0 Å². The molecule has 2 saturated heterocycles. The maximum atomic E-state index is 5.92. The van der Waals surface area contributed by atoms with E-state index in [1.54, 1.807) is 24.3 Å². The molecule has 4 atom stereocenters. The summed E-state index contributed by atoms with van der Waals surface area (Å²) in [6, 6.07) is 18.7. The van der Waals surface area contributed by atoms with Crippen molar-refractivity contribution < 1.29 is 9.47 Å². The second-order valence-corrected chi connectivity index (χ2v) is 11.7. The average molecular weight is 501 g/mol. The van der Waals surface area contributed by atoms with Crippen LogP contribution in [-0.4, -0.2) is 37.4 Å². The molecule has 0 amide bonds. The van der Waals surface area contributed by atoms with Gasteiger partial charge in [0.25, 0.3) is 0 Å². The zero-order valence-electron chi connectivity index (χ0n) is 20.3. The lowest BCUT2D eigenvalue weighted by Crippen LogP contribution is -2.61. The number of benzene rings is 2. The molecule has 1 saturated carbocycles. The van der Waals surface area contributed by atoms with Gasteiger partial charge in [0.05, 0.1) is 13.2 Å². The molecule has 0 radical (unpaired) electrons. The lowest BCUT2D eigenvalue weighted by molar-refractivity contribution is 0.223. The van der Waals surface area contributed by atoms with Crippen LogP contribution < -0.4 is 28.4 Å². The lowest BCUT2D eigenvalue weighted by Gasteiger charge is -2.46. The summed E-state index contributed by atoms with van der Waals surface area (Å²) < 4.78 is 26.6. The molecule has 4 N–H and O–H groups in total. The predicted octanol–water partition coefficient (Wildman–Crippen LogP) is 4.62. The minimum Gasteiger partial charge on any atom is -0.493 e. The summed E-state index contributed by atoms with van der Waals surface area (Å²) in [5.74, 6) is 3.59. The number of nitrogens with one attached hydrogen (secondary N) is 4. The molecule has 5 rings (SSSR count). The molecule has 3 fully saturated rings. The van der Waals surface area contributed by atoms with Crippen LogP contribution in [0.2, 0.25) is 0 Å². The summed E-state index contributed by atoms with van der Waals surface area (Å²) in [6.07, 6.45) is 0. The normalized spacial score (nSPS) is 30.4. The molecule has 8 heteroatoms. The number of rotatable bonds is 8. The van der Waals surface area contributed by atoms with Crippen molar-refractivity contribution in [2.75, 3.05) is 13.2 Å². The zero-order chi connectivity index (χ0) is 23.7. The molecule has 184 valence electrons. The van der Waals surface area contributed by atoms with Crippen LogP contribution in [0.1, 0.15) is 50.7 Å². The highest BCUT2D eigenvalue weighted by atomic mass is 32.2. The van der Waals surface area contributed by atoms with Crippen molar-refractivity contribution in [3.63, 3.8) is 0 Å². The van der Waals surface area contributed by atoms with E-state index in [1.807, 2.05) is 0 Å². The first-order chi connectivity index (χ1) is 16.5. The van der Waals surface area contributed by atoms with Gasteiger partial charge in [0.2, 0.25) is 0 Å². The van der Waals surface area contributed by atoms with Crippen molar-refractivity contribution in [1.29, 1.82) is 0 Å². The molecular weight excluding hydrogens is 464 g/mol. The van der Waals surface area contributed by atoms with Crippen LogP contribution in [-0.2, 0) is 0 Å². The summed E-state index contributed by atoms with van der Waals surface area (Å²) in [7, 11) is 0. The standard InChI is InChI=1S/C26H36N4O2S2/c1-15(2)13-31-19-9-5-17(6-10-19)21-23-25(29-33-27-23)22(26-24(21)28-34-30-26)18-7-11-20(12-8-18)32-14-16(3)4/h5-12,15-16,21-30H,13-14H2,1-4H3. The van der Waals surface area contributed by atoms with Gasteiger partial charge >= 0.3 is 0 Å². The van der Waals surface area contributed by atoms with E-state index in [9.17, 15) is 0 Å². The van der Waals surface area contributed by atoms with E-state index in [4.69, 9.17) is 9.47 Å². The third-order valence-corrected chi connectivity index (χ3v) is 8.36. The van der Waals surface area contributed by atoms with Crippen molar-refractivity contribution in [3.05, 3.63) is 59.7 Å². The maximum absolute atomic E-state index is 5.92. The Bertz CT molecular complexity index is 843. The highest BCUT2D eigenvalue weighted by molar-refractivity contribution is 7.96. The van der Waals surface area contributed by atoms with E-state index in [1.165, 1.54) is 11.1 Å². The zero-order valence-corrected chi connectivity index (χ0v) is 21.9. The Kier molecular flexibility index (Phi) is 7.63. The van der Waals surface area contributed by atoms with Crippen LogP contribution >= 0.6 is 24.3 Å². The molecule has 2 aliphatic heterocycles. The molecule has 3 aliphatic rings. The predicted molar refractivity (Wildman–Crippen MR) is 142 cm³/mol. The van der Waals surface area contributed by atoms with E-state index >= 15 is 0 Å². The monoisotopic (exact) mass is 500 g/mol. The average Bonchev–Trinajstić information content (AvgIpc) is 3.51. The van der Waals surface area contributed by atoms with Gasteiger partial charge in [-0.05, 0) is 47.2 Å². The van der Waals surface area contributed by atoms with Gasteiger partial charge in [0.15, 0.2) is 0 Å². The number of fused-ring (bicyclic) bond motifs is 2. The molecule has 2 heterocycles. The first-order valence-corrected chi connectivity index (χ1v) is 13.9. The van der Waals surface area contributed by atoms with Crippen molar-refractivity contribution in [2.24, 2.45) is 11.8 Å². The molecule has 0 aromatic heterocycles. The SMILES string of the molecule is CC(C)COc1ccc(C2C3NSNC3C(c3ccc(OCC(C)C)cc3)C3NSNC32)cc1. The van der Waals surface area contributed by atoms with Crippen molar-refractivity contribution in [3.8, 4) is 11.5 Å². The van der Waals surface area contributed by atoms with E-state index in [2.05, 4.69) is 95.1 Å². The van der Waals surface area contributed by atoms with Crippen LogP contribution in [0.3, 0.4) is 0 Å². The highest BCUT2D eigenvalue weighted by Gasteiger charge is 2.55. The summed E-state index contributed by atoms with van der Waals surface area (Å²) in [5.41, 5.74) is 2.68. The Morgan fingerprint density at radius 2 is 0.912 bits per heavy atom. The van der Waals surface area contributed by atoms with Gasteiger partial charge in [0.1, 0.15) is 11.5 Å². The Morgan fingerprint density at radius 1 is 0.588 bits per heavy atom. The molecule has 4 unspecified atom stereocenters. The van der Waals surface area contributed by atoms with Gasteiger partial charge in [-0.2, -0.15) is 0 Å². The number of ether oxygens (including phenoxy) is 2. The van der Waals surface area contributed by atoms with Gasteiger partial charge in [-0.1, -0.05) is 52.0 Å². The molecule has 34 heavy (non-hydrogen) atoms. The van der Waals surface area contributed by atoms with Crippen LogP contribution in [0.25, 0.3) is 0 Å². The third-order valence-electron chi connectivity index (χ3n) is 6.80. The number of hydrogen-bond acceptors (Lipinski definition) is 8. The Labute approximate surface area is 212 Å². The van der Waals surface area contributed by atoms with Gasteiger partial charge in [-0.25, -0.2) is 18.9 Å². The van der Waals surface area contributed by atoms with Crippen LogP contribution in [0.4, 0.5) is 0 Å². The first-order valence-electron chi connectivity index (χ1n) is 12.3. The maximum Gasteiger partial charge on any atom is 0.119 e. The summed E-state index contributed by atoms with van der Waals surface area (Å²) in [5, 5.41) is 0. The van der Waals surface area contributed by atoms with Crippen LogP contribution in [0.15, 0.2) is 48.5 Å². The first kappa shape index (κ1) is 24.3. The largest absolute Gasteiger partial charge is 0.493 e. The fraction of sp³-hybridized carbons (Fsp3) is 0.538. The van der Waals surface area contributed by atoms with Crippen LogP contribution in [0.5, 0.6) is 11.5 Å². The number of hydrogen-bond donors (Lipinski definition) is 4. The molecule has 0 bridgehead atoms.